The van der Waals surface area contributed by atoms with E-state index in [1.807, 2.05) is 48.5 Å². The van der Waals surface area contributed by atoms with E-state index in [2.05, 4.69) is 6.07 Å². The van der Waals surface area contributed by atoms with Crippen LogP contribution in [0.5, 0.6) is 17.2 Å². The number of rotatable bonds is 13. The second kappa shape index (κ2) is 15.1. The number of aromatic hydroxyl groups is 1. The summed E-state index contributed by atoms with van der Waals surface area (Å²) in [6, 6.07) is 18.7. The average Bonchev–Trinajstić information content (AvgIpc) is 2.94. The van der Waals surface area contributed by atoms with Crippen molar-refractivity contribution in [3.8, 4) is 17.2 Å². The Labute approximate surface area is 257 Å². The lowest BCUT2D eigenvalue weighted by molar-refractivity contribution is 0.0497. The number of ether oxygens (including phenoxy) is 3. The van der Waals surface area contributed by atoms with Gasteiger partial charge in [0.2, 0.25) is 0 Å². The predicted molar refractivity (Wildman–Crippen MR) is 170 cm³/mol. The van der Waals surface area contributed by atoms with Gasteiger partial charge in [-0.05, 0) is 90.8 Å². The fraction of sp³-hybridized carbons (Fsp3) is 0.459. The number of hydrogen-bond acceptors (Lipinski definition) is 6. The van der Waals surface area contributed by atoms with Crippen molar-refractivity contribution in [3.05, 3.63) is 88.5 Å². The van der Waals surface area contributed by atoms with Crippen LogP contribution in [0.25, 0.3) is 0 Å². The van der Waals surface area contributed by atoms with Crippen LogP contribution in [0.3, 0.4) is 0 Å². The Balaban J connectivity index is 1.31. The van der Waals surface area contributed by atoms with E-state index in [4.69, 9.17) is 14.2 Å². The molecule has 0 aliphatic heterocycles. The van der Waals surface area contributed by atoms with Crippen LogP contribution in [0.2, 0.25) is 0 Å². The molecular formula is C37H47O6. The van der Waals surface area contributed by atoms with Crippen molar-refractivity contribution in [1.29, 1.82) is 0 Å². The quantitative estimate of drug-likeness (QED) is 0.122. The first-order chi connectivity index (χ1) is 20.3. The van der Waals surface area contributed by atoms with E-state index in [-0.39, 0.29) is 22.5 Å². The third-order valence-electron chi connectivity index (χ3n) is 7.31. The monoisotopic (exact) mass is 587 g/mol. The molecule has 0 aliphatic rings. The third kappa shape index (κ3) is 10.2. The number of phenolic OH excluding ortho intramolecular Hbond substituents is 1. The first-order valence-corrected chi connectivity index (χ1v) is 15.2. The topological polar surface area (TPSA) is 82.1 Å². The number of unbranched alkanes of at least 4 members (excludes halogenated alkanes) is 5. The molecule has 3 rings (SSSR count). The maximum atomic E-state index is 12.8. The molecule has 3 aromatic carbocycles. The largest absolute Gasteiger partial charge is 0.507 e. The van der Waals surface area contributed by atoms with Gasteiger partial charge in [0.1, 0.15) is 17.2 Å². The molecular weight excluding hydrogens is 540 g/mol. The summed E-state index contributed by atoms with van der Waals surface area (Å²) >= 11 is 0. The Kier molecular flexibility index (Phi) is 11.8. The molecule has 43 heavy (non-hydrogen) atoms. The fourth-order valence-electron chi connectivity index (χ4n) is 4.71. The van der Waals surface area contributed by atoms with Gasteiger partial charge in [0, 0.05) is 11.1 Å². The van der Waals surface area contributed by atoms with Crippen LogP contribution in [0.15, 0.2) is 54.6 Å². The minimum atomic E-state index is -0.402. The number of hydrogen-bond donors (Lipinski definition) is 1. The molecule has 0 aliphatic carbocycles. The molecule has 6 heteroatoms. The molecule has 0 amide bonds. The number of phenols is 1. The summed E-state index contributed by atoms with van der Waals surface area (Å²) in [5.74, 6) is 0.768. The van der Waals surface area contributed by atoms with Crippen molar-refractivity contribution < 1.29 is 28.9 Å². The SMILES string of the molecule is Cc1c[c]ccc1OC(=O)c1ccc(OCCCCCCCCOC(=O)c2cc(C(C)(C)C)c(O)c(C(C)(C)C)c2)cc1. The van der Waals surface area contributed by atoms with Gasteiger partial charge in [0.05, 0.1) is 24.3 Å². The number of carbonyl (C=O) groups excluding carboxylic acids is 2. The third-order valence-corrected chi connectivity index (χ3v) is 7.31. The molecule has 3 aromatic rings. The van der Waals surface area contributed by atoms with Gasteiger partial charge in [0.25, 0.3) is 0 Å². The van der Waals surface area contributed by atoms with Crippen LogP contribution in [-0.2, 0) is 15.6 Å². The van der Waals surface area contributed by atoms with Gasteiger partial charge in [-0.2, -0.15) is 0 Å². The van der Waals surface area contributed by atoms with Gasteiger partial charge >= 0.3 is 11.9 Å². The van der Waals surface area contributed by atoms with E-state index in [1.165, 1.54) is 0 Å². The Bertz CT molecular complexity index is 1320. The van der Waals surface area contributed by atoms with Crippen molar-refractivity contribution in [2.75, 3.05) is 13.2 Å². The number of benzene rings is 3. The minimum Gasteiger partial charge on any atom is -0.507 e. The molecule has 6 nitrogen and oxygen atoms in total. The lowest BCUT2D eigenvalue weighted by Gasteiger charge is -2.28. The zero-order valence-electron chi connectivity index (χ0n) is 26.8. The second-order valence-electron chi connectivity index (χ2n) is 13.1. The van der Waals surface area contributed by atoms with Gasteiger partial charge in [-0.1, -0.05) is 73.3 Å². The fourth-order valence-corrected chi connectivity index (χ4v) is 4.71. The summed E-state index contributed by atoms with van der Waals surface area (Å²) in [5.41, 5.74) is 2.73. The van der Waals surface area contributed by atoms with Crippen molar-refractivity contribution in [1.82, 2.24) is 0 Å². The number of carbonyl (C=O) groups is 2. The average molecular weight is 588 g/mol. The van der Waals surface area contributed by atoms with E-state index in [0.717, 1.165) is 61.0 Å². The summed E-state index contributed by atoms with van der Waals surface area (Å²) in [6.45, 7) is 15.0. The molecule has 1 N–H and O–H groups in total. The Morgan fingerprint density at radius 3 is 1.86 bits per heavy atom. The van der Waals surface area contributed by atoms with Crippen molar-refractivity contribution >= 4 is 11.9 Å². The lowest BCUT2D eigenvalue weighted by Crippen LogP contribution is -2.19. The smallest absolute Gasteiger partial charge is 0.343 e. The first-order valence-electron chi connectivity index (χ1n) is 15.2. The molecule has 0 spiro atoms. The van der Waals surface area contributed by atoms with Gasteiger partial charge in [0.15, 0.2) is 0 Å². The Morgan fingerprint density at radius 2 is 1.30 bits per heavy atom. The number of esters is 2. The normalized spacial score (nSPS) is 11.7. The van der Waals surface area contributed by atoms with E-state index >= 15 is 0 Å². The zero-order valence-corrected chi connectivity index (χ0v) is 26.8. The predicted octanol–water partition coefficient (Wildman–Crippen LogP) is 8.89. The molecule has 0 saturated carbocycles. The maximum Gasteiger partial charge on any atom is 0.343 e. The summed E-state index contributed by atoms with van der Waals surface area (Å²) in [7, 11) is 0. The van der Waals surface area contributed by atoms with Crippen molar-refractivity contribution in [3.63, 3.8) is 0 Å². The highest BCUT2D eigenvalue weighted by atomic mass is 16.5. The van der Waals surface area contributed by atoms with Crippen LogP contribution >= 0.6 is 0 Å². The van der Waals surface area contributed by atoms with Crippen LogP contribution in [0.4, 0.5) is 0 Å². The molecule has 0 saturated heterocycles. The van der Waals surface area contributed by atoms with Crippen molar-refractivity contribution in [2.24, 2.45) is 0 Å². The van der Waals surface area contributed by atoms with Gasteiger partial charge in [-0.3, -0.25) is 0 Å². The Hall–Kier alpha value is -3.80. The Morgan fingerprint density at radius 1 is 0.744 bits per heavy atom. The molecule has 0 atom stereocenters. The van der Waals surface area contributed by atoms with E-state index in [0.29, 0.717) is 30.1 Å². The van der Waals surface area contributed by atoms with E-state index in [1.54, 1.807) is 54.6 Å². The zero-order chi connectivity index (χ0) is 31.6. The summed E-state index contributed by atoms with van der Waals surface area (Å²) < 4.78 is 16.9. The standard InChI is InChI=1S/C37H47O6/c1-26-16-12-13-17-32(26)43-35(40)27-18-20-29(21-19-27)41-22-14-10-8-9-11-15-23-42-34(39)28-24-30(36(2,3)4)33(38)31(25-28)37(5,6)7/h13,16-21,24-25,38H,8-11,14-15,22-23H2,1-7H3. The molecule has 1 radical (unpaired) electrons. The van der Waals surface area contributed by atoms with Crippen LogP contribution in [-0.4, -0.2) is 30.3 Å². The van der Waals surface area contributed by atoms with Gasteiger partial charge < -0.3 is 19.3 Å². The van der Waals surface area contributed by atoms with Gasteiger partial charge in [-0.25, -0.2) is 9.59 Å². The molecule has 0 bridgehead atoms. The van der Waals surface area contributed by atoms with Crippen molar-refractivity contribution in [2.45, 2.75) is 97.8 Å². The maximum absolute atomic E-state index is 12.8. The highest BCUT2D eigenvalue weighted by Crippen LogP contribution is 2.40. The molecule has 0 unspecified atom stereocenters. The van der Waals surface area contributed by atoms with Gasteiger partial charge in [-0.15, -0.1) is 0 Å². The number of aryl methyl sites for hydroxylation is 1. The van der Waals surface area contributed by atoms with Crippen LogP contribution in [0.1, 0.15) is 117 Å². The second-order valence-corrected chi connectivity index (χ2v) is 13.1. The van der Waals surface area contributed by atoms with E-state index < -0.39 is 5.97 Å². The lowest BCUT2D eigenvalue weighted by atomic mass is 9.78. The van der Waals surface area contributed by atoms with Crippen LogP contribution in [0, 0.1) is 13.0 Å². The van der Waals surface area contributed by atoms with Crippen LogP contribution < -0.4 is 9.47 Å². The minimum absolute atomic E-state index is 0.259. The highest BCUT2D eigenvalue weighted by Gasteiger charge is 2.28. The summed E-state index contributed by atoms with van der Waals surface area (Å²) in [4.78, 5) is 25.2. The van der Waals surface area contributed by atoms with E-state index in [9.17, 15) is 14.7 Å². The molecule has 0 fully saturated rings. The first kappa shape index (κ1) is 33.7. The highest BCUT2D eigenvalue weighted by molar-refractivity contribution is 5.91. The molecule has 231 valence electrons. The molecule has 0 aromatic heterocycles. The molecule has 0 heterocycles. The summed E-state index contributed by atoms with van der Waals surface area (Å²) in [5, 5.41) is 10.9. The summed E-state index contributed by atoms with van der Waals surface area (Å²) in [6.07, 6.45) is 5.94.